The summed E-state index contributed by atoms with van der Waals surface area (Å²) in [4.78, 5) is 11.0. The predicted molar refractivity (Wildman–Crippen MR) is 60.7 cm³/mol. The summed E-state index contributed by atoms with van der Waals surface area (Å²) in [6.45, 7) is 2.26. The van der Waals surface area contributed by atoms with Gasteiger partial charge in [0.2, 0.25) is 0 Å². The zero-order valence-corrected chi connectivity index (χ0v) is 9.83. The van der Waals surface area contributed by atoms with Crippen LogP contribution in [0.3, 0.4) is 0 Å². The van der Waals surface area contributed by atoms with E-state index >= 15 is 0 Å². The molecule has 0 spiro atoms. The van der Waals surface area contributed by atoms with E-state index < -0.39 is 0 Å². The molecule has 0 aromatic carbocycles. The number of aliphatic hydroxyl groups excluding tert-OH is 1. The Labute approximate surface area is 92.8 Å². The van der Waals surface area contributed by atoms with Crippen molar-refractivity contribution < 1.29 is 14.6 Å². The average Bonchev–Trinajstić information content (AvgIpc) is 2.25. The Balaban J connectivity index is 3.06. The molecule has 3 heteroatoms. The van der Waals surface area contributed by atoms with Crippen molar-refractivity contribution in [3.63, 3.8) is 0 Å². The second-order valence-electron chi connectivity index (χ2n) is 3.82. The van der Waals surface area contributed by atoms with Gasteiger partial charge in [0.1, 0.15) is 6.61 Å². The smallest absolute Gasteiger partial charge is 0.305 e. The molecule has 0 atom stereocenters. The van der Waals surface area contributed by atoms with Crippen LogP contribution in [-0.4, -0.2) is 24.3 Å². The average molecular weight is 216 g/mol. The normalized spacial score (nSPS) is 10.3. The van der Waals surface area contributed by atoms with Crippen LogP contribution in [0.2, 0.25) is 0 Å². The van der Waals surface area contributed by atoms with Crippen molar-refractivity contribution in [1.29, 1.82) is 0 Å². The van der Waals surface area contributed by atoms with Crippen LogP contribution in [0.4, 0.5) is 0 Å². The van der Waals surface area contributed by atoms with Gasteiger partial charge in [-0.1, -0.05) is 45.4 Å². The molecule has 0 aliphatic heterocycles. The summed E-state index contributed by atoms with van der Waals surface area (Å²) in [5, 5.41) is 8.43. The quantitative estimate of drug-likeness (QED) is 0.451. The Morgan fingerprint density at radius 1 is 1.07 bits per heavy atom. The van der Waals surface area contributed by atoms with Gasteiger partial charge in [0.25, 0.3) is 0 Å². The van der Waals surface area contributed by atoms with Crippen molar-refractivity contribution in [3.05, 3.63) is 0 Å². The molecule has 0 fully saturated rings. The number of ether oxygens (including phenoxy) is 1. The van der Waals surface area contributed by atoms with E-state index in [9.17, 15) is 4.79 Å². The number of unbranched alkanes of at least 4 members (excludes halogenated alkanes) is 6. The SMILES string of the molecule is CCCCCCCCCC(=O)OCCO. The fraction of sp³-hybridized carbons (Fsp3) is 0.917. The minimum Gasteiger partial charge on any atom is -0.463 e. The van der Waals surface area contributed by atoms with Crippen molar-refractivity contribution in [2.45, 2.75) is 58.3 Å². The first-order chi connectivity index (χ1) is 7.31. The molecule has 0 aliphatic carbocycles. The molecule has 0 aromatic rings. The van der Waals surface area contributed by atoms with Gasteiger partial charge in [0.05, 0.1) is 6.61 Å². The van der Waals surface area contributed by atoms with Crippen molar-refractivity contribution in [2.75, 3.05) is 13.2 Å². The highest BCUT2D eigenvalue weighted by Crippen LogP contribution is 2.08. The van der Waals surface area contributed by atoms with Crippen LogP contribution in [0.25, 0.3) is 0 Å². The lowest BCUT2D eigenvalue weighted by Gasteiger charge is -2.02. The molecule has 0 bridgehead atoms. The maximum Gasteiger partial charge on any atom is 0.305 e. The first-order valence-corrected chi connectivity index (χ1v) is 6.07. The monoisotopic (exact) mass is 216 g/mol. The van der Waals surface area contributed by atoms with Gasteiger partial charge in [-0.3, -0.25) is 4.79 Å². The maximum absolute atomic E-state index is 11.0. The molecule has 0 radical (unpaired) electrons. The van der Waals surface area contributed by atoms with E-state index in [1.807, 2.05) is 0 Å². The molecule has 3 nitrogen and oxygen atoms in total. The van der Waals surface area contributed by atoms with Crippen LogP contribution < -0.4 is 0 Å². The molecule has 0 saturated heterocycles. The number of rotatable bonds is 10. The van der Waals surface area contributed by atoms with E-state index in [4.69, 9.17) is 9.84 Å². The molecular weight excluding hydrogens is 192 g/mol. The number of esters is 1. The zero-order chi connectivity index (χ0) is 11.4. The fourth-order valence-electron chi connectivity index (χ4n) is 1.46. The molecule has 0 aliphatic rings. The molecule has 0 amide bonds. The van der Waals surface area contributed by atoms with Crippen LogP contribution in [0.1, 0.15) is 58.3 Å². The highest BCUT2D eigenvalue weighted by atomic mass is 16.5. The molecule has 0 saturated carbocycles. The predicted octanol–water partition coefficient (Wildman–Crippen LogP) is 2.66. The Morgan fingerprint density at radius 2 is 1.67 bits per heavy atom. The van der Waals surface area contributed by atoms with Gasteiger partial charge in [-0.25, -0.2) is 0 Å². The minimum atomic E-state index is -0.183. The van der Waals surface area contributed by atoms with E-state index in [0.717, 1.165) is 12.8 Å². The van der Waals surface area contributed by atoms with Gasteiger partial charge in [-0.2, -0.15) is 0 Å². The number of carbonyl (C=O) groups excluding carboxylic acids is 1. The summed E-state index contributed by atoms with van der Waals surface area (Å²) in [5.41, 5.74) is 0. The zero-order valence-electron chi connectivity index (χ0n) is 9.83. The van der Waals surface area contributed by atoms with E-state index in [1.165, 1.54) is 32.1 Å². The minimum absolute atomic E-state index is 0.0806. The van der Waals surface area contributed by atoms with Gasteiger partial charge in [-0.05, 0) is 6.42 Å². The lowest BCUT2D eigenvalue weighted by Crippen LogP contribution is -2.07. The number of aliphatic hydroxyl groups is 1. The summed E-state index contributed by atoms with van der Waals surface area (Å²) in [6, 6.07) is 0. The second kappa shape index (κ2) is 11.5. The summed E-state index contributed by atoms with van der Waals surface area (Å²) >= 11 is 0. The third-order valence-corrected chi connectivity index (χ3v) is 2.34. The topological polar surface area (TPSA) is 46.5 Å². The fourth-order valence-corrected chi connectivity index (χ4v) is 1.46. The summed E-state index contributed by atoms with van der Waals surface area (Å²) in [6.07, 6.45) is 8.91. The first-order valence-electron chi connectivity index (χ1n) is 6.07. The Hall–Kier alpha value is -0.570. The Bertz CT molecular complexity index is 146. The van der Waals surface area contributed by atoms with Gasteiger partial charge >= 0.3 is 5.97 Å². The third kappa shape index (κ3) is 11.4. The molecule has 0 unspecified atom stereocenters. The van der Waals surface area contributed by atoms with Gasteiger partial charge in [-0.15, -0.1) is 0 Å². The van der Waals surface area contributed by atoms with Crippen molar-refractivity contribution in [1.82, 2.24) is 0 Å². The number of hydrogen-bond acceptors (Lipinski definition) is 3. The lowest BCUT2D eigenvalue weighted by molar-refractivity contribution is -0.144. The summed E-state index contributed by atoms with van der Waals surface area (Å²) in [7, 11) is 0. The van der Waals surface area contributed by atoms with E-state index in [1.54, 1.807) is 0 Å². The Morgan fingerprint density at radius 3 is 2.27 bits per heavy atom. The Kier molecular flexibility index (Phi) is 11.1. The molecule has 0 aromatic heterocycles. The number of carbonyl (C=O) groups is 1. The highest BCUT2D eigenvalue weighted by molar-refractivity contribution is 5.69. The molecular formula is C12H24O3. The van der Waals surface area contributed by atoms with Crippen molar-refractivity contribution in [3.8, 4) is 0 Å². The van der Waals surface area contributed by atoms with E-state index in [-0.39, 0.29) is 19.2 Å². The maximum atomic E-state index is 11.0. The first kappa shape index (κ1) is 14.4. The van der Waals surface area contributed by atoms with Crippen LogP contribution in [-0.2, 0) is 9.53 Å². The van der Waals surface area contributed by atoms with Crippen LogP contribution in [0.5, 0.6) is 0 Å². The van der Waals surface area contributed by atoms with E-state index in [2.05, 4.69) is 6.92 Å². The molecule has 15 heavy (non-hydrogen) atoms. The number of hydrogen-bond donors (Lipinski definition) is 1. The van der Waals surface area contributed by atoms with Crippen LogP contribution in [0, 0.1) is 0 Å². The molecule has 90 valence electrons. The van der Waals surface area contributed by atoms with Gasteiger partial charge in [0, 0.05) is 6.42 Å². The van der Waals surface area contributed by atoms with Crippen LogP contribution >= 0.6 is 0 Å². The van der Waals surface area contributed by atoms with Gasteiger partial charge < -0.3 is 9.84 Å². The standard InChI is InChI=1S/C12H24O3/c1-2-3-4-5-6-7-8-9-12(14)15-11-10-13/h13H,2-11H2,1H3. The second-order valence-corrected chi connectivity index (χ2v) is 3.82. The lowest BCUT2D eigenvalue weighted by atomic mass is 10.1. The summed E-state index contributed by atoms with van der Waals surface area (Å²) < 4.78 is 4.75. The highest BCUT2D eigenvalue weighted by Gasteiger charge is 2.01. The molecule has 0 heterocycles. The van der Waals surface area contributed by atoms with Crippen molar-refractivity contribution in [2.24, 2.45) is 0 Å². The largest absolute Gasteiger partial charge is 0.463 e. The van der Waals surface area contributed by atoms with Crippen molar-refractivity contribution >= 4 is 5.97 Å². The molecule has 0 rings (SSSR count). The third-order valence-electron chi connectivity index (χ3n) is 2.34. The van der Waals surface area contributed by atoms with Crippen LogP contribution in [0.15, 0.2) is 0 Å². The molecule has 1 N–H and O–H groups in total. The van der Waals surface area contributed by atoms with E-state index in [0.29, 0.717) is 6.42 Å². The summed E-state index contributed by atoms with van der Waals surface area (Å²) in [5.74, 6) is -0.183. The van der Waals surface area contributed by atoms with Gasteiger partial charge in [0.15, 0.2) is 0 Å².